The number of nitrogens with one attached hydrogen (secondary N) is 2. The summed E-state index contributed by atoms with van der Waals surface area (Å²) >= 11 is 3.36. The predicted molar refractivity (Wildman–Crippen MR) is 81.1 cm³/mol. The molecule has 1 fully saturated rings. The van der Waals surface area contributed by atoms with Crippen LogP contribution in [0.2, 0.25) is 0 Å². The van der Waals surface area contributed by atoms with Crippen molar-refractivity contribution in [1.82, 2.24) is 5.32 Å². The van der Waals surface area contributed by atoms with Gasteiger partial charge >= 0.3 is 6.03 Å². The number of amides is 2. The monoisotopic (exact) mass is 342 g/mol. The first-order valence-electron chi connectivity index (χ1n) is 6.66. The fourth-order valence-electron chi connectivity index (χ4n) is 2.39. The second-order valence-corrected chi connectivity index (χ2v) is 5.80. The number of urea groups is 1. The fourth-order valence-corrected chi connectivity index (χ4v) is 2.80. The number of carbonyl (C=O) groups excluding carboxylic acids is 1. The predicted octanol–water partition coefficient (Wildman–Crippen LogP) is 2.74. The van der Waals surface area contributed by atoms with Crippen molar-refractivity contribution in [3.05, 3.63) is 22.7 Å². The number of anilines is 1. The van der Waals surface area contributed by atoms with Gasteiger partial charge in [-0.2, -0.15) is 0 Å². The van der Waals surface area contributed by atoms with Gasteiger partial charge in [0.25, 0.3) is 0 Å². The Bertz CT molecular complexity index is 481. The van der Waals surface area contributed by atoms with E-state index in [9.17, 15) is 9.90 Å². The van der Waals surface area contributed by atoms with Crippen LogP contribution in [0.4, 0.5) is 10.5 Å². The Morgan fingerprint density at radius 2 is 2.30 bits per heavy atom. The van der Waals surface area contributed by atoms with Crippen LogP contribution in [0.5, 0.6) is 5.75 Å². The van der Waals surface area contributed by atoms with Crippen LogP contribution in [0.25, 0.3) is 0 Å². The molecule has 6 heteroatoms. The van der Waals surface area contributed by atoms with Gasteiger partial charge in [-0.05, 0) is 40.9 Å². The number of aliphatic hydroxyl groups is 1. The van der Waals surface area contributed by atoms with Gasteiger partial charge in [0.1, 0.15) is 5.75 Å². The van der Waals surface area contributed by atoms with Crippen molar-refractivity contribution in [3.8, 4) is 5.75 Å². The van der Waals surface area contributed by atoms with Crippen molar-refractivity contribution in [1.29, 1.82) is 0 Å². The molecule has 0 aromatic heterocycles. The highest BCUT2D eigenvalue weighted by Gasteiger charge is 2.25. The SMILES string of the molecule is COc1cc(NC(=O)NCC2CCCC2O)ccc1Br. The molecule has 5 nitrogen and oxygen atoms in total. The summed E-state index contributed by atoms with van der Waals surface area (Å²) in [7, 11) is 1.57. The van der Waals surface area contributed by atoms with Crippen molar-refractivity contribution in [3.63, 3.8) is 0 Å². The van der Waals surface area contributed by atoms with Crippen LogP contribution in [0, 0.1) is 5.92 Å². The summed E-state index contributed by atoms with van der Waals surface area (Å²) in [5.41, 5.74) is 0.662. The summed E-state index contributed by atoms with van der Waals surface area (Å²) in [5.74, 6) is 0.828. The van der Waals surface area contributed by atoms with E-state index in [4.69, 9.17) is 4.74 Å². The average molecular weight is 343 g/mol. The third-order valence-corrected chi connectivity index (χ3v) is 4.21. The van der Waals surface area contributed by atoms with E-state index < -0.39 is 0 Å². The molecule has 0 spiro atoms. The van der Waals surface area contributed by atoms with Gasteiger partial charge in [-0.3, -0.25) is 0 Å². The third kappa shape index (κ3) is 3.86. The van der Waals surface area contributed by atoms with E-state index in [1.165, 1.54) is 0 Å². The Morgan fingerprint density at radius 1 is 1.50 bits per heavy atom. The van der Waals surface area contributed by atoms with Crippen molar-refractivity contribution in [2.45, 2.75) is 25.4 Å². The summed E-state index contributed by atoms with van der Waals surface area (Å²) in [5, 5.41) is 15.2. The maximum atomic E-state index is 11.8. The number of rotatable bonds is 4. The molecular weight excluding hydrogens is 324 g/mol. The van der Waals surface area contributed by atoms with Crippen LogP contribution in [-0.4, -0.2) is 30.9 Å². The van der Waals surface area contributed by atoms with Gasteiger partial charge in [0, 0.05) is 24.2 Å². The maximum absolute atomic E-state index is 11.8. The minimum atomic E-state index is -0.289. The van der Waals surface area contributed by atoms with Gasteiger partial charge in [0.2, 0.25) is 0 Å². The molecule has 1 aliphatic carbocycles. The van der Waals surface area contributed by atoms with Crippen molar-refractivity contribution in [2.24, 2.45) is 5.92 Å². The molecule has 20 heavy (non-hydrogen) atoms. The van der Waals surface area contributed by atoms with E-state index in [-0.39, 0.29) is 18.1 Å². The largest absolute Gasteiger partial charge is 0.495 e. The van der Waals surface area contributed by atoms with E-state index in [1.54, 1.807) is 19.2 Å². The quantitative estimate of drug-likeness (QED) is 0.787. The number of ether oxygens (including phenoxy) is 1. The highest BCUT2D eigenvalue weighted by Crippen LogP contribution is 2.28. The second kappa shape index (κ2) is 6.95. The Balaban J connectivity index is 1.85. The molecule has 3 N–H and O–H groups in total. The van der Waals surface area contributed by atoms with Crippen LogP contribution in [0.3, 0.4) is 0 Å². The van der Waals surface area contributed by atoms with E-state index in [1.807, 2.05) is 6.07 Å². The smallest absolute Gasteiger partial charge is 0.319 e. The standard InChI is InChI=1S/C14H19BrN2O3/c1-20-13-7-10(5-6-11(13)15)17-14(19)16-8-9-3-2-4-12(9)18/h5-7,9,12,18H,2-4,8H2,1H3,(H2,16,17,19). The number of hydrogen-bond acceptors (Lipinski definition) is 3. The summed E-state index contributed by atoms with van der Waals surface area (Å²) in [4.78, 5) is 11.8. The summed E-state index contributed by atoms with van der Waals surface area (Å²) in [6.07, 6.45) is 2.54. The number of methoxy groups -OCH3 is 1. The van der Waals surface area contributed by atoms with Crippen LogP contribution in [-0.2, 0) is 0 Å². The third-order valence-electron chi connectivity index (χ3n) is 3.55. The molecule has 0 bridgehead atoms. The second-order valence-electron chi connectivity index (χ2n) is 4.94. The Morgan fingerprint density at radius 3 is 2.95 bits per heavy atom. The summed E-state index contributed by atoms with van der Waals surface area (Å²) in [6, 6.07) is 5.08. The summed E-state index contributed by atoms with van der Waals surface area (Å²) in [6.45, 7) is 0.501. The van der Waals surface area contributed by atoms with Crippen LogP contribution < -0.4 is 15.4 Å². The van der Waals surface area contributed by atoms with E-state index >= 15 is 0 Å². The average Bonchev–Trinajstić information content (AvgIpc) is 2.84. The Labute approximate surface area is 126 Å². The number of carbonyl (C=O) groups is 1. The van der Waals surface area contributed by atoms with Gasteiger partial charge in [0.15, 0.2) is 0 Å². The number of benzene rings is 1. The molecule has 0 aliphatic heterocycles. The normalized spacial score (nSPS) is 21.6. The number of aliphatic hydroxyl groups excluding tert-OH is 1. The van der Waals surface area contributed by atoms with Crippen molar-refractivity contribution < 1.29 is 14.6 Å². The Hall–Kier alpha value is -1.27. The summed E-state index contributed by atoms with van der Waals surface area (Å²) < 4.78 is 6.00. The molecule has 1 aromatic rings. The van der Waals surface area contributed by atoms with Gasteiger partial charge in [-0.25, -0.2) is 4.79 Å². The van der Waals surface area contributed by atoms with E-state index in [0.29, 0.717) is 18.0 Å². The molecule has 1 aromatic carbocycles. The fraction of sp³-hybridized carbons (Fsp3) is 0.500. The van der Waals surface area contributed by atoms with Crippen LogP contribution in [0.1, 0.15) is 19.3 Å². The van der Waals surface area contributed by atoms with E-state index in [0.717, 1.165) is 23.7 Å². The molecule has 2 rings (SSSR count). The topological polar surface area (TPSA) is 70.6 Å². The molecule has 2 amide bonds. The number of halogens is 1. The zero-order valence-electron chi connectivity index (χ0n) is 11.4. The first-order valence-corrected chi connectivity index (χ1v) is 7.46. The lowest BCUT2D eigenvalue weighted by Crippen LogP contribution is -2.35. The zero-order chi connectivity index (χ0) is 14.5. The zero-order valence-corrected chi connectivity index (χ0v) is 12.9. The molecule has 2 atom stereocenters. The first kappa shape index (κ1) is 15.1. The van der Waals surface area contributed by atoms with Crippen molar-refractivity contribution >= 4 is 27.6 Å². The van der Waals surface area contributed by atoms with Crippen molar-refractivity contribution in [2.75, 3.05) is 19.0 Å². The maximum Gasteiger partial charge on any atom is 0.319 e. The van der Waals surface area contributed by atoms with Gasteiger partial charge < -0.3 is 20.5 Å². The van der Waals surface area contributed by atoms with Crippen LogP contribution >= 0.6 is 15.9 Å². The molecule has 110 valence electrons. The highest BCUT2D eigenvalue weighted by molar-refractivity contribution is 9.10. The minimum Gasteiger partial charge on any atom is -0.495 e. The Kier molecular flexibility index (Phi) is 5.25. The van der Waals surface area contributed by atoms with Gasteiger partial charge in [-0.15, -0.1) is 0 Å². The molecule has 1 saturated carbocycles. The van der Waals surface area contributed by atoms with Crippen LogP contribution in [0.15, 0.2) is 22.7 Å². The van der Waals surface area contributed by atoms with Gasteiger partial charge in [0.05, 0.1) is 17.7 Å². The molecular formula is C14H19BrN2O3. The lowest BCUT2D eigenvalue weighted by molar-refractivity contribution is 0.133. The molecule has 0 heterocycles. The lowest BCUT2D eigenvalue weighted by atomic mass is 10.1. The lowest BCUT2D eigenvalue weighted by Gasteiger charge is -2.15. The molecule has 1 aliphatic rings. The minimum absolute atomic E-state index is 0.167. The molecule has 0 saturated heterocycles. The van der Waals surface area contributed by atoms with E-state index in [2.05, 4.69) is 26.6 Å². The number of hydrogen-bond donors (Lipinski definition) is 3. The molecule has 0 radical (unpaired) electrons. The van der Waals surface area contributed by atoms with Gasteiger partial charge in [-0.1, -0.05) is 6.42 Å². The molecule has 2 unspecified atom stereocenters. The first-order chi connectivity index (χ1) is 9.60. The highest BCUT2D eigenvalue weighted by atomic mass is 79.9.